The molecule has 1 unspecified atom stereocenters. The molecule has 0 radical (unpaired) electrons. The third-order valence-corrected chi connectivity index (χ3v) is 6.41. The molecule has 30 heavy (non-hydrogen) atoms. The number of cyclic esters (lactones) is 1. The molecule has 0 spiro atoms. The largest absolute Gasteiger partial charge is 0.454 e. The number of ether oxygens (including phenoxy) is 1. The predicted molar refractivity (Wildman–Crippen MR) is 116 cm³/mol. The van der Waals surface area contributed by atoms with Crippen molar-refractivity contribution >= 4 is 28.3 Å². The van der Waals surface area contributed by atoms with Crippen LogP contribution in [-0.4, -0.2) is 22.1 Å². The fraction of sp³-hybridized carbons (Fsp3) is 0.304. The van der Waals surface area contributed by atoms with Gasteiger partial charge in [-0.05, 0) is 42.2 Å². The number of anilines is 1. The van der Waals surface area contributed by atoms with Gasteiger partial charge in [0.15, 0.2) is 0 Å². The second kappa shape index (κ2) is 8.75. The summed E-state index contributed by atoms with van der Waals surface area (Å²) >= 11 is 1.41. The molecule has 0 saturated carbocycles. The van der Waals surface area contributed by atoms with Crippen LogP contribution in [0, 0.1) is 0 Å². The van der Waals surface area contributed by atoms with Crippen molar-refractivity contribution in [3.8, 4) is 0 Å². The first kappa shape index (κ1) is 20.2. The Balaban J connectivity index is 1.52. The molecule has 1 aliphatic rings. The third kappa shape index (κ3) is 4.11. The minimum absolute atomic E-state index is 0.264. The Morgan fingerprint density at radius 1 is 1.17 bits per heavy atom. The van der Waals surface area contributed by atoms with Gasteiger partial charge < -0.3 is 4.74 Å². The van der Waals surface area contributed by atoms with Crippen LogP contribution in [0.3, 0.4) is 0 Å². The Labute approximate surface area is 179 Å². The maximum absolute atomic E-state index is 12.8. The Morgan fingerprint density at radius 3 is 2.67 bits per heavy atom. The summed E-state index contributed by atoms with van der Waals surface area (Å²) in [6.07, 6.45) is 2.16. The standard InChI is InChI=1S/C23H23N3O3S/c1-3-14(4-2)21-25-26-23(30-21)24-20(27)16-10-11-18-17(12-16)13-19(29-22(18)28)15-8-6-5-7-9-15/h5-12,14,19H,3-4,13H2,1-2H3,(H,24,26,27). The summed E-state index contributed by atoms with van der Waals surface area (Å²) in [6.45, 7) is 4.24. The van der Waals surface area contributed by atoms with Gasteiger partial charge in [0.05, 0.1) is 5.56 Å². The van der Waals surface area contributed by atoms with Crippen LogP contribution in [0.15, 0.2) is 48.5 Å². The van der Waals surface area contributed by atoms with Crippen LogP contribution in [0.1, 0.15) is 75.6 Å². The van der Waals surface area contributed by atoms with E-state index in [1.807, 2.05) is 30.3 Å². The van der Waals surface area contributed by atoms with Crippen molar-refractivity contribution < 1.29 is 14.3 Å². The molecule has 0 fully saturated rings. The number of esters is 1. The first-order valence-corrected chi connectivity index (χ1v) is 10.9. The number of hydrogen-bond donors (Lipinski definition) is 1. The van der Waals surface area contributed by atoms with Gasteiger partial charge in [-0.1, -0.05) is 55.5 Å². The molecule has 3 aromatic rings. The van der Waals surface area contributed by atoms with Crippen LogP contribution >= 0.6 is 11.3 Å². The molecule has 2 aromatic carbocycles. The zero-order valence-corrected chi connectivity index (χ0v) is 17.7. The van der Waals surface area contributed by atoms with E-state index in [1.54, 1.807) is 18.2 Å². The monoisotopic (exact) mass is 421 g/mol. The molecule has 0 aliphatic carbocycles. The molecule has 1 aliphatic heterocycles. The second-order valence-electron chi connectivity index (χ2n) is 7.29. The predicted octanol–water partition coefficient (Wildman–Crippen LogP) is 5.15. The highest BCUT2D eigenvalue weighted by Gasteiger charge is 2.28. The van der Waals surface area contributed by atoms with E-state index in [0.29, 0.717) is 28.6 Å². The van der Waals surface area contributed by atoms with Gasteiger partial charge in [-0.3, -0.25) is 10.1 Å². The first-order chi connectivity index (χ1) is 14.6. The van der Waals surface area contributed by atoms with Crippen molar-refractivity contribution in [1.29, 1.82) is 0 Å². The van der Waals surface area contributed by atoms with Crippen LogP contribution in [0.5, 0.6) is 0 Å². The lowest BCUT2D eigenvalue weighted by molar-refractivity contribution is 0.0252. The van der Waals surface area contributed by atoms with E-state index in [-0.39, 0.29) is 18.0 Å². The van der Waals surface area contributed by atoms with Gasteiger partial charge in [0.1, 0.15) is 11.1 Å². The summed E-state index contributed by atoms with van der Waals surface area (Å²) in [4.78, 5) is 25.2. The van der Waals surface area contributed by atoms with Gasteiger partial charge in [-0.15, -0.1) is 10.2 Å². The van der Waals surface area contributed by atoms with E-state index in [9.17, 15) is 9.59 Å². The maximum atomic E-state index is 12.8. The summed E-state index contributed by atoms with van der Waals surface area (Å²) in [5.41, 5.74) is 2.73. The van der Waals surface area contributed by atoms with Gasteiger partial charge in [-0.25, -0.2) is 4.79 Å². The van der Waals surface area contributed by atoms with Crippen molar-refractivity contribution in [2.24, 2.45) is 0 Å². The number of benzene rings is 2. The van der Waals surface area contributed by atoms with Gasteiger partial charge in [0, 0.05) is 17.9 Å². The zero-order chi connectivity index (χ0) is 21.1. The molecular formula is C23H23N3O3S. The normalized spacial score (nSPS) is 15.6. The molecule has 4 rings (SSSR count). The fourth-order valence-electron chi connectivity index (χ4n) is 3.65. The highest BCUT2D eigenvalue weighted by molar-refractivity contribution is 7.15. The van der Waals surface area contributed by atoms with Gasteiger partial charge >= 0.3 is 5.97 Å². The van der Waals surface area contributed by atoms with Crippen molar-refractivity contribution in [3.05, 3.63) is 75.8 Å². The summed E-state index contributed by atoms with van der Waals surface area (Å²) in [5.74, 6) is -0.269. The lowest BCUT2D eigenvalue weighted by Crippen LogP contribution is -2.23. The zero-order valence-electron chi connectivity index (χ0n) is 16.9. The molecular weight excluding hydrogens is 398 g/mol. The smallest absolute Gasteiger partial charge is 0.339 e. The number of hydrogen-bond acceptors (Lipinski definition) is 6. The second-order valence-corrected chi connectivity index (χ2v) is 8.30. The first-order valence-electron chi connectivity index (χ1n) is 10.1. The number of carbonyl (C=O) groups excluding carboxylic acids is 2. The number of aromatic nitrogens is 2. The molecule has 1 amide bonds. The molecule has 1 N–H and O–H groups in total. The van der Waals surface area contributed by atoms with Gasteiger partial charge in [0.2, 0.25) is 5.13 Å². The van der Waals surface area contributed by atoms with Crippen molar-refractivity contribution in [2.75, 3.05) is 5.32 Å². The van der Waals surface area contributed by atoms with E-state index >= 15 is 0 Å². The molecule has 6 nitrogen and oxygen atoms in total. The molecule has 154 valence electrons. The van der Waals surface area contributed by atoms with E-state index in [4.69, 9.17) is 4.74 Å². The maximum Gasteiger partial charge on any atom is 0.339 e. The molecule has 0 saturated heterocycles. The fourth-order valence-corrected chi connectivity index (χ4v) is 4.65. The van der Waals surface area contributed by atoms with Gasteiger partial charge in [0.25, 0.3) is 5.91 Å². The Kier molecular flexibility index (Phi) is 5.90. The van der Waals surface area contributed by atoms with Crippen LogP contribution in [-0.2, 0) is 11.2 Å². The average Bonchev–Trinajstić information content (AvgIpc) is 3.23. The average molecular weight is 422 g/mol. The summed E-state index contributed by atoms with van der Waals surface area (Å²) in [6, 6.07) is 14.7. The van der Waals surface area contributed by atoms with Crippen molar-refractivity contribution in [2.45, 2.75) is 45.1 Å². The lowest BCUT2D eigenvalue weighted by Gasteiger charge is -2.25. The number of fused-ring (bicyclic) bond motifs is 1. The number of carbonyl (C=O) groups is 2. The van der Waals surface area contributed by atoms with Crippen LogP contribution in [0.25, 0.3) is 0 Å². The van der Waals surface area contributed by atoms with Crippen molar-refractivity contribution in [1.82, 2.24) is 10.2 Å². The quantitative estimate of drug-likeness (QED) is 0.557. The minimum Gasteiger partial charge on any atom is -0.454 e. The Hall–Kier alpha value is -3.06. The number of nitrogens with zero attached hydrogens (tertiary/aromatic N) is 2. The molecule has 1 atom stereocenters. The van der Waals surface area contributed by atoms with Gasteiger partial charge in [-0.2, -0.15) is 0 Å². The van der Waals surface area contributed by atoms with E-state index in [2.05, 4.69) is 29.4 Å². The van der Waals surface area contributed by atoms with E-state index < -0.39 is 0 Å². The summed E-state index contributed by atoms with van der Waals surface area (Å²) in [5, 5.41) is 12.6. The molecule has 1 aromatic heterocycles. The highest BCUT2D eigenvalue weighted by atomic mass is 32.1. The SMILES string of the molecule is CCC(CC)c1nnc(NC(=O)c2ccc3c(c2)CC(c2ccccc2)OC3=O)s1. The number of rotatable bonds is 6. The number of amides is 1. The lowest BCUT2D eigenvalue weighted by atomic mass is 9.93. The Bertz CT molecular complexity index is 1060. The third-order valence-electron chi connectivity index (χ3n) is 5.41. The van der Waals surface area contributed by atoms with Crippen LogP contribution in [0.2, 0.25) is 0 Å². The van der Waals surface area contributed by atoms with Crippen LogP contribution < -0.4 is 5.32 Å². The van der Waals surface area contributed by atoms with Crippen LogP contribution in [0.4, 0.5) is 5.13 Å². The molecule has 0 bridgehead atoms. The van der Waals surface area contributed by atoms with Crippen molar-refractivity contribution in [3.63, 3.8) is 0 Å². The topological polar surface area (TPSA) is 81.2 Å². The minimum atomic E-state index is -0.365. The Morgan fingerprint density at radius 2 is 1.93 bits per heavy atom. The molecule has 7 heteroatoms. The molecule has 2 heterocycles. The number of nitrogens with one attached hydrogen (secondary N) is 1. The summed E-state index contributed by atoms with van der Waals surface area (Å²) < 4.78 is 5.59. The van der Waals surface area contributed by atoms with E-state index in [0.717, 1.165) is 29.0 Å². The highest BCUT2D eigenvalue weighted by Crippen LogP contribution is 2.32. The van der Waals surface area contributed by atoms with E-state index in [1.165, 1.54) is 11.3 Å². The summed E-state index contributed by atoms with van der Waals surface area (Å²) in [7, 11) is 0.